The molecule has 0 bridgehead atoms. The summed E-state index contributed by atoms with van der Waals surface area (Å²) in [4.78, 5) is 14.9. The molecule has 4 heteroatoms. The minimum Gasteiger partial charge on any atom is -0.478 e. The molecule has 0 radical (unpaired) electrons. The van der Waals surface area contributed by atoms with Gasteiger partial charge in [0.2, 0.25) is 0 Å². The maximum Gasteiger partial charge on any atom is 0.336 e. The minimum absolute atomic E-state index is 0.108. The SMILES string of the molecule is O=C(O)c1ccccc1C(O)c1ccncc1. The first-order valence-electron chi connectivity index (χ1n) is 5.10. The van der Waals surface area contributed by atoms with Crippen LogP contribution in [0.15, 0.2) is 48.8 Å². The smallest absolute Gasteiger partial charge is 0.336 e. The van der Waals surface area contributed by atoms with E-state index in [0.29, 0.717) is 11.1 Å². The lowest BCUT2D eigenvalue weighted by Crippen LogP contribution is -2.08. The molecule has 2 N–H and O–H groups in total. The molecule has 1 atom stereocenters. The van der Waals surface area contributed by atoms with Crippen LogP contribution < -0.4 is 0 Å². The zero-order chi connectivity index (χ0) is 12.3. The van der Waals surface area contributed by atoms with Gasteiger partial charge < -0.3 is 10.2 Å². The fourth-order valence-corrected chi connectivity index (χ4v) is 1.66. The summed E-state index contributed by atoms with van der Waals surface area (Å²) < 4.78 is 0. The molecule has 1 heterocycles. The summed E-state index contributed by atoms with van der Waals surface area (Å²) in [5.74, 6) is -1.05. The monoisotopic (exact) mass is 229 g/mol. The van der Waals surface area contributed by atoms with E-state index in [1.165, 1.54) is 6.07 Å². The van der Waals surface area contributed by atoms with E-state index < -0.39 is 12.1 Å². The molecule has 17 heavy (non-hydrogen) atoms. The molecule has 0 saturated heterocycles. The molecule has 0 saturated carbocycles. The number of nitrogens with zero attached hydrogens (tertiary/aromatic N) is 1. The van der Waals surface area contributed by atoms with Crippen molar-refractivity contribution in [1.29, 1.82) is 0 Å². The molecule has 0 aliphatic heterocycles. The topological polar surface area (TPSA) is 70.4 Å². The normalized spacial score (nSPS) is 12.1. The Labute approximate surface area is 98.2 Å². The first kappa shape index (κ1) is 11.3. The summed E-state index contributed by atoms with van der Waals surface area (Å²) in [6, 6.07) is 9.72. The van der Waals surface area contributed by atoms with Crippen molar-refractivity contribution < 1.29 is 15.0 Å². The Bertz CT molecular complexity index is 525. The molecule has 1 aromatic heterocycles. The summed E-state index contributed by atoms with van der Waals surface area (Å²) in [6.45, 7) is 0. The summed E-state index contributed by atoms with van der Waals surface area (Å²) in [7, 11) is 0. The number of carboxylic acid groups (broad SMARTS) is 1. The predicted molar refractivity (Wildman–Crippen MR) is 61.7 cm³/mol. The summed E-state index contributed by atoms with van der Waals surface area (Å²) >= 11 is 0. The highest BCUT2D eigenvalue weighted by molar-refractivity contribution is 5.89. The van der Waals surface area contributed by atoms with Gasteiger partial charge in [-0.05, 0) is 29.3 Å². The lowest BCUT2D eigenvalue weighted by Gasteiger charge is -2.13. The number of pyridine rings is 1. The first-order valence-corrected chi connectivity index (χ1v) is 5.10. The van der Waals surface area contributed by atoms with E-state index in [1.54, 1.807) is 42.7 Å². The average Bonchev–Trinajstić information content (AvgIpc) is 2.39. The number of rotatable bonds is 3. The van der Waals surface area contributed by atoms with E-state index >= 15 is 0 Å². The van der Waals surface area contributed by atoms with Crippen molar-refractivity contribution in [3.63, 3.8) is 0 Å². The fraction of sp³-hybridized carbons (Fsp3) is 0.0769. The van der Waals surface area contributed by atoms with Crippen molar-refractivity contribution in [3.05, 3.63) is 65.5 Å². The second kappa shape index (κ2) is 4.76. The van der Waals surface area contributed by atoms with Crippen LogP contribution in [0.4, 0.5) is 0 Å². The number of aromatic carboxylic acids is 1. The number of aromatic nitrogens is 1. The third-order valence-electron chi connectivity index (χ3n) is 2.51. The van der Waals surface area contributed by atoms with Crippen LogP contribution in [0.3, 0.4) is 0 Å². The van der Waals surface area contributed by atoms with Crippen LogP contribution in [-0.2, 0) is 0 Å². The van der Waals surface area contributed by atoms with Gasteiger partial charge in [0.05, 0.1) is 5.56 Å². The van der Waals surface area contributed by atoms with Crippen molar-refractivity contribution >= 4 is 5.97 Å². The van der Waals surface area contributed by atoms with Crippen molar-refractivity contribution in [2.24, 2.45) is 0 Å². The Morgan fingerprint density at radius 2 is 1.76 bits per heavy atom. The van der Waals surface area contributed by atoms with E-state index in [9.17, 15) is 9.90 Å². The maximum atomic E-state index is 11.0. The van der Waals surface area contributed by atoms with Crippen molar-refractivity contribution in [2.75, 3.05) is 0 Å². The third kappa shape index (κ3) is 2.32. The molecular formula is C13H11NO3. The highest BCUT2D eigenvalue weighted by Crippen LogP contribution is 2.24. The van der Waals surface area contributed by atoms with E-state index in [1.807, 2.05) is 0 Å². The molecule has 1 aromatic carbocycles. The molecule has 0 aliphatic carbocycles. The number of hydrogen-bond acceptors (Lipinski definition) is 3. The first-order chi connectivity index (χ1) is 8.20. The second-order valence-electron chi connectivity index (χ2n) is 3.58. The van der Waals surface area contributed by atoms with Gasteiger partial charge in [0.25, 0.3) is 0 Å². The van der Waals surface area contributed by atoms with Crippen LogP contribution in [0.5, 0.6) is 0 Å². The third-order valence-corrected chi connectivity index (χ3v) is 2.51. The van der Waals surface area contributed by atoms with E-state index in [-0.39, 0.29) is 5.56 Å². The standard InChI is InChI=1S/C13H11NO3/c15-12(9-5-7-14-8-6-9)10-3-1-2-4-11(10)13(16)17/h1-8,12,15H,(H,16,17). The van der Waals surface area contributed by atoms with Crippen molar-refractivity contribution in [3.8, 4) is 0 Å². The molecule has 0 spiro atoms. The van der Waals surface area contributed by atoms with E-state index in [4.69, 9.17) is 5.11 Å². The molecule has 2 rings (SSSR count). The van der Waals surface area contributed by atoms with Crippen LogP contribution in [0.25, 0.3) is 0 Å². The molecule has 0 aliphatic rings. The number of aliphatic hydroxyl groups is 1. The van der Waals surface area contributed by atoms with Gasteiger partial charge in [-0.25, -0.2) is 4.79 Å². The van der Waals surface area contributed by atoms with Crippen LogP contribution in [-0.4, -0.2) is 21.2 Å². The lowest BCUT2D eigenvalue weighted by molar-refractivity contribution is 0.0691. The number of aliphatic hydroxyl groups excluding tert-OH is 1. The zero-order valence-electron chi connectivity index (χ0n) is 8.95. The number of carboxylic acids is 1. The Morgan fingerprint density at radius 1 is 1.12 bits per heavy atom. The fourth-order valence-electron chi connectivity index (χ4n) is 1.66. The van der Waals surface area contributed by atoms with Crippen LogP contribution in [0.1, 0.15) is 27.6 Å². The molecule has 1 unspecified atom stereocenters. The Kier molecular flexibility index (Phi) is 3.16. The van der Waals surface area contributed by atoms with Gasteiger partial charge in [0.1, 0.15) is 6.10 Å². The number of benzene rings is 1. The van der Waals surface area contributed by atoms with E-state index in [2.05, 4.69) is 4.98 Å². The lowest BCUT2D eigenvalue weighted by atomic mass is 9.97. The molecular weight excluding hydrogens is 218 g/mol. The Balaban J connectivity index is 2.44. The molecule has 0 amide bonds. The van der Waals surface area contributed by atoms with E-state index in [0.717, 1.165) is 0 Å². The summed E-state index contributed by atoms with van der Waals surface area (Å²) in [5, 5.41) is 19.2. The van der Waals surface area contributed by atoms with Crippen LogP contribution >= 0.6 is 0 Å². The number of carbonyl (C=O) groups is 1. The molecule has 86 valence electrons. The molecule has 0 fully saturated rings. The average molecular weight is 229 g/mol. The van der Waals surface area contributed by atoms with Crippen LogP contribution in [0.2, 0.25) is 0 Å². The summed E-state index contributed by atoms with van der Waals surface area (Å²) in [5.41, 5.74) is 1.11. The van der Waals surface area contributed by atoms with Gasteiger partial charge in [-0.15, -0.1) is 0 Å². The van der Waals surface area contributed by atoms with Crippen molar-refractivity contribution in [2.45, 2.75) is 6.10 Å². The molecule has 2 aromatic rings. The molecule has 4 nitrogen and oxygen atoms in total. The highest BCUT2D eigenvalue weighted by Gasteiger charge is 2.17. The van der Waals surface area contributed by atoms with Gasteiger partial charge >= 0.3 is 5.97 Å². The zero-order valence-corrected chi connectivity index (χ0v) is 8.95. The van der Waals surface area contributed by atoms with Crippen LogP contribution in [0, 0.1) is 0 Å². The van der Waals surface area contributed by atoms with Crippen molar-refractivity contribution in [1.82, 2.24) is 4.98 Å². The number of hydrogen-bond donors (Lipinski definition) is 2. The minimum atomic E-state index is -1.05. The van der Waals surface area contributed by atoms with Gasteiger partial charge in [0.15, 0.2) is 0 Å². The van der Waals surface area contributed by atoms with Gasteiger partial charge in [0, 0.05) is 12.4 Å². The quantitative estimate of drug-likeness (QED) is 0.842. The van der Waals surface area contributed by atoms with Gasteiger partial charge in [-0.3, -0.25) is 4.98 Å². The summed E-state index contributed by atoms with van der Waals surface area (Å²) in [6.07, 6.45) is 2.16. The highest BCUT2D eigenvalue weighted by atomic mass is 16.4. The van der Waals surface area contributed by atoms with Gasteiger partial charge in [-0.2, -0.15) is 0 Å². The predicted octanol–water partition coefficient (Wildman–Crippen LogP) is 1.86. The second-order valence-corrected chi connectivity index (χ2v) is 3.58. The largest absolute Gasteiger partial charge is 0.478 e. The Morgan fingerprint density at radius 3 is 2.41 bits per heavy atom. The Hall–Kier alpha value is -2.20. The van der Waals surface area contributed by atoms with Gasteiger partial charge in [-0.1, -0.05) is 18.2 Å². The maximum absolute atomic E-state index is 11.0.